The zero-order chi connectivity index (χ0) is 13.5. The molecule has 0 aromatic carbocycles. The van der Waals surface area contributed by atoms with Gasteiger partial charge in [-0.05, 0) is 31.6 Å². The summed E-state index contributed by atoms with van der Waals surface area (Å²) in [6.45, 7) is 6.73. The molecule has 1 aromatic rings. The first-order valence-electron chi connectivity index (χ1n) is 6.35. The van der Waals surface area contributed by atoms with Gasteiger partial charge in [0.25, 0.3) is 5.91 Å². The van der Waals surface area contributed by atoms with E-state index < -0.39 is 0 Å². The maximum Gasteiger partial charge on any atom is 0.289 e. The molecule has 5 heteroatoms. The molecule has 0 saturated heterocycles. The van der Waals surface area contributed by atoms with E-state index in [2.05, 4.69) is 24.3 Å². The van der Waals surface area contributed by atoms with E-state index >= 15 is 0 Å². The van der Waals surface area contributed by atoms with Gasteiger partial charge in [0.05, 0.1) is 5.69 Å². The average Bonchev–Trinajstić information content (AvgIpc) is 2.72. The third kappa shape index (κ3) is 4.87. The minimum Gasteiger partial charge on any atom is -0.396 e. The van der Waals surface area contributed by atoms with E-state index in [1.54, 1.807) is 13.0 Å². The van der Waals surface area contributed by atoms with Gasteiger partial charge in [-0.15, -0.1) is 0 Å². The Labute approximate surface area is 108 Å². The summed E-state index contributed by atoms with van der Waals surface area (Å²) >= 11 is 0. The van der Waals surface area contributed by atoms with Crippen molar-refractivity contribution in [1.82, 2.24) is 10.5 Å². The maximum atomic E-state index is 11.7. The van der Waals surface area contributed by atoms with E-state index in [1.807, 2.05) is 0 Å². The summed E-state index contributed by atoms with van der Waals surface area (Å²) in [5.74, 6) is 0.830. The molecule has 0 radical (unpaired) electrons. The molecule has 1 atom stereocenters. The zero-order valence-corrected chi connectivity index (χ0v) is 11.3. The summed E-state index contributed by atoms with van der Waals surface area (Å²) in [6.07, 6.45) is 1.68. The molecule has 0 aliphatic rings. The SMILES string of the molecule is Cc1cc(C(=O)NCC(CCO)CC(C)C)on1. The summed E-state index contributed by atoms with van der Waals surface area (Å²) in [6, 6.07) is 1.61. The summed E-state index contributed by atoms with van der Waals surface area (Å²) in [7, 11) is 0. The van der Waals surface area contributed by atoms with Crippen molar-refractivity contribution in [3.63, 3.8) is 0 Å². The highest BCUT2D eigenvalue weighted by molar-refractivity contribution is 5.91. The second-order valence-corrected chi connectivity index (χ2v) is 5.05. The van der Waals surface area contributed by atoms with Gasteiger partial charge in [0.2, 0.25) is 5.76 Å². The molecular formula is C13H22N2O3. The van der Waals surface area contributed by atoms with Gasteiger partial charge in [-0.25, -0.2) is 0 Å². The Morgan fingerprint density at radius 1 is 1.56 bits per heavy atom. The zero-order valence-electron chi connectivity index (χ0n) is 11.3. The first-order valence-corrected chi connectivity index (χ1v) is 6.35. The predicted octanol–water partition coefficient (Wildman–Crippen LogP) is 1.76. The number of rotatable bonds is 7. The van der Waals surface area contributed by atoms with Gasteiger partial charge in [0.1, 0.15) is 0 Å². The molecule has 102 valence electrons. The lowest BCUT2D eigenvalue weighted by Crippen LogP contribution is -2.30. The Bertz CT molecular complexity index is 374. The van der Waals surface area contributed by atoms with Crippen LogP contribution < -0.4 is 5.32 Å². The van der Waals surface area contributed by atoms with Gasteiger partial charge in [-0.2, -0.15) is 0 Å². The number of aliphatic hydroxyl groups is 1. The predicted molar refractivity (Wildman–Crippen MR) is 68.2 cm³/mol. The fraction of sp³-hybridized carbons (Fsp3) is 0.692. The van der Waals surface area contributed by atoms with Crippen molar-refractivity contribution < 1.29 is 14.4 Å². The van der Waals surface area contributed by atoms with E-state index in [9.17, 15) is 4.79 Å². The van der Waals surface area contributed by atoms with Gasteiger partial charge in [0.15, 0.2) is 0 Å². The van der Waals surface area contributed by atoms with E-state index in [0.717, 1.165) is 6.42 Å². The molecule has 0 aliphatic heterocycles. The third-order valence-corrected chi connectivity index (χ3v) is 2.75. The Hall–Kier alpha value is -1.36. The molecule has 1 unspecified atom stereocenters. The van der Waals surface area contributed by atoms with Crippen molar-refractivity contribution in [2.45, 2.75) is 33.6 Å². The molecule has 0 bridgehead atoms. The minimum atomic E-state index is -0.248. The molecule has 2 N–H and O–H groups in total. The van der Waals surface area contributed by atoms with Crippen molar-refractivity contribution in [2.24, 2.45) is 11.8 Å². The second-order valence-electron chi connectivity index (χ2n) is 5.05. The number of carbonyl (C=O) groups is 1. The molecule has 1 amide bonds. The van der Waals surface area contributed by atoms with Crippen LogP contribution >= 0.6 is 0 Å². The van der Waals surface area contributed by atoms with E-state index in [-0.39, 0.29) is 18.3 Å². The largest absolute Gasteiger partial charge is 0.396 e. The molecule has 5 nitrogen and oxygen atoms in total. The van der Waals surface area contributed by atoms with Crippen LogP contribution in [0.5, 0.6) is 0 Å². The molecule has 0 saturated carbocycles. The van der Waals surface area contributed by atoms with Crippen molar-refractivity contribution >= 4 is 5.91 Å². The van der Waals surface area contributed by atoms with Crippen LogP contribution in [0, 0.1) is 18.8 Å². The second kappa shape index (κ2) is 7.16. The fourth-order valence-electron chi connectivity index (χ4n) is 1.95. The van der Waals surface area contributed by atoms with Crippen LogP contribution in [0.15, 0.2) is 10.6 Å². The van der Waals surface area contributed by atoms with Gasteiger partial charge in [-0.3, -0.25) is 4.79 Å². The van der Waals surface area contributed by atoms with Crippen molar-refractivity contribution in [1.29, 1.82) is 0 Å². The van der Waals surface area contributed by atoms with Crippen LogP contribution in [0.25, 0.3) is 0 Å². The van der Waals surface area contributed by atoms with Gasteiger partial charge in [-0.1, -0.05) is 19.0 Å². The maximum absolute atomic E-state index is 11.7. The number of nitrogens with zero attached hydrogens (tertiary/aromatic N) is 1. The Balaban J connectivity index is 2.43. The molecule has 1 aromatic heterocycles. The van der Waals surface area contributed by atoms with Crippen LogP contribution in [0.2, 0.25) is 0 Å². The fourth-order valence-corrected chi connectivity index (χ4v) is 1.95. The molecular weight excluding hydrogens is 232 g/mol. The normalized spacial score (nSPS) is 12.7. The molecule has 1 rings (SSSR count). The summed E-state index contributed by atoms with van der Waals surface area (Å²) in [5.41, 5.74) is 0.689. The number of hydrogen-bond acceptors (Lipinski definition) is 4. The van der Waals surface area contributed by atoms with Crippen LogP contribution in [-0.2, 0) is 0 Å². The number of carbonyl (C=O) groups excluding carboxylic acids is 1. The lowest BCUT2D eigenvalue weighted by atomic mass is 9.94. The third-order valence-electron chi connectivity index (χ3n) is 2.75. The number of aliphatic hydroxyl groups excluding tert-OH is 1. The Morgan fingerprint density at radius 2 is 2.28 bits per heavy atom. The molecule has 18 heavy (non-hydrogen) atoms. The number of nitrogens with one attached hydrogen (secondary N) is 1. The van der Waals surface area contributed by atoms with Crippen LogP contribution in [0.3, 0.4) is 0 Å². The van der Waals surface area contributed by atoms with Crippen molar-refractivity contribution in [3.8, 4) is 0 Å². The summed E-state index contributed by atoms with van der Waals surface area (Å²) < 4.78 is 4.89. The van der Waals surface area contributed by atoms with E-state index in [1.165, 1.54) is 0 Å². The Morgan fingerprint density at radius 3 is 2.78 bits per heavy atom. The first kappa shape index (κ1) is 14.7. The lowest BCUT2D eigenvalue weighted by Gasteiger charge is -2.18. The molecule has 0 fully saturated rings. The molecule has 0 aliphatic carbocycles. The first-order chi connectivity index (χ1) is 8.52. The highest BCUT2D eigenvalue weighted by atomic mass is 16.5. The van der Waals surface area contributed by atoms with Crippen molar-refractivity contribution in [2.75, 3.05) is 13.2 Å². The minimum absolute atomic E-state index is 0.147. The lowest BCUT2D eigenvalue weighted by molar-refractivity contribution is 0.0904. The quantitative estimate of drug-likeness (QED) is 0.777. The van der Waals surface area contributed by atoms with Crippen LogP contribution in [-0.4, -0.2) is 29.3 Å². The molecule has 1 heterocycles. The number of hydrogen-bond donors (Lipinski definition) is 2. The van der Waals surface area contributed by atoms with E-state index in [0.29, 0.717) is 30.5 Å². The van der Waals surface area contributed by atoms with Crippen molar-refractivity contribution in [3.05, 3.63) is 17.5 Å². The number of aromatic nitrogens is 1. The topological polar surface area (TPSA) is 75.4 Å². The monoisotopic (exact) mass is 254 g/mol. The average molecular weight is 254 g/mol. The number of amides is 1. The number of aryl methyl sites for hydroxylation is 1. The Kier molecular flexibility index (Phi) is 5.85. The smallest absolute Gasteiger partial charge is 0.289 e. The van der Waals surface area contributed by atoms with Crippen LogP contribution in [0.1, 0.15) is 42.9 Å². The highest BCUT2D eigenvalue weighted by Gasteiger charge is 2.15. The van der Waals surface area contributed by atoms with Gasteiger partial charge < -0.3 is 14.9 Å². The van der Waals surface area contributed by atoms with Gasteiger partial charge >= 0.3 is 0 Å². The summed E-state index contributed by atoms with van der Waals surface area (Å²) in [4.78, 5) is 11.7. The van der Waals surface area contributed by atoms with Gasteiger partial charge in [0, 0.05) is 19.2 Å². The van der Waals surface area contributed by atoms with Crippen LogP contribution in [0.4, 0.5) is 0 Å². The summed E-state index contributed by atoms with van der Waals surface area (Å²) in [5, 5.41) is 15.5. The molecule has 0 spiro atoms. The highest BCUT2D eigenvalue weighted by Crippen LogP contribution is 2.14. The van der Waals surface area contributed by atoms with E-state index in [4.69, 9.17) is 9.63 Å². The standard InChI is InChI=1S/C13H22N2O3/c1-9(2)6-11(4-5-16)8-14-13(17)12-7-10(3)15-18-12/h7,9,11,16H,4-6,8H2,1-3H3,(H,14,17).